The molecule has 0 fully saturated rings. The second-order valence-electron chi connectivity index (χ2n) is 4.52. The minimum atomic E-state index is -0.0966. The lowest BCUT2D eigenvalue weighted by Crippen LogP contribution is -2.30. The summed E-state index contributed by atoms with van der Waals surface area (Å²) in [6.07, 6.45) is 3.05. The van der Waals surface area contributed by atoms with E-state index in [2.05, 4.69) is 4.98 Å². The van der Waals surface area contributed by atoms with E-state index in [-0.39, 0.29) is 5.91 Å². The third-order valence-electron chi connectivity index (χ3n) is 3.20. The molecular formula is C16H17ClN2O2. The molecule has 0 radical (unpaired) electrons. The van der Waals surface area contributed by atoms with Crippen LogP contribution in [0.2, 0.25) is 5.02 Å². The molecule has 1 aromatic carbocycles. The molecule has 21 heavy (non-hydrogen) atoms. The van der Waals surface area contributed by atoms with Crippen molar-refractivity contribution in [3.63, 3.8) is 0 Å². The number of hydrogen-bond acceptors (Lipinski definition) is 3. The zero-order valence-electron chi connectivity index (χ0n) is 12.0. The molecule has 0 atom stereocenters. The van der Waals surface area contributed by atoms with Crippen LogP contribution in [-0.2, 0) is 6.54 Å². The summed E-state index contributed by atoms with van der Waals surface area (Å²) in [6, 6.07) is 9.30. The molecule has 1 amide bonds. The van der Waals surface area contributed by atoms with Crippen molar-refractivity contribution in [1.29, 1.82) is 0 Å². The lowest BCUT2D eigenvalue weighted by Gasteiger charge is -2.21. The third kappa shape index (κ3) is 3.73. The number of pyridine rings is 1. The number of halogens is 1. The van der Waals surface area contributed by atoms with Crippen molar-refractivity contribution >= 4 is 17.5 Å². The van der Waals surface area contributed by atoms with Gasteiger partial charge in [0.2, 0.25) is 0 Å². The monoisotopic (exact) mass is 304 g/mol. The van der Waals surface area contributed by atoms with Crippen LogP contribution in [0.3, 0.4) is 0 Å². The van der Waals surface area contributed by atoms with E-state index in [0.29, 0.717) is 23.7 Å². The van der Waals surface area contributed by atoms with Crippen LogP contribution in [-0.4, -0.2) is 29.4 Å². The van der Waals surface area contributed by atoms with Crippen LogP contribution in [0.1, 0.15) is 22.8 Å². The molecule has 2 aromatic rings. The van der Waals surface area contributed by atoms with Crippen LogP contribution in [0.25, 0.3) is 0 Å². The van der Waals surface area contributed by atoms with Gasteiger partial charge in [-0.3, -0.25) is 9.78 Å². The summed E-state index contributed by atoms with van der Waals surface area (Å²) >= 11 is 6.04. The highest BCUT2D eigenvalue weighted by Crippen LogP contribution is 2.18. The Labute approximate surface area is 129 Å². The fourth-order valence-corrected chi connectivity index (χ4v) is 2.20. The average molecular weight is 305 g/mol. The molecule has 0 saturated heterocycles. The summed E-state index contributed by atoms with van der Waals surface area (Å²) in [5, 5.41) is 0.371. The molecule has 0 saturated carbocycles. The minimum Gasteiger partial charge on any atom is -0.497 e. The Hall–Kier alpha value is -2.07. The van der Waals surface area contributed by atoms with Crippen LogP contribution < -0.4 is 4.74 Å². The van der Waals surface area contributed by atoms with Gasteiger partial charge in [-0.15, -0.1) is 0 Å². The van der Waals surface area contributed by atoms with Gasteiger partial charge in [0.05, 0.1) is 17.7 Å². The highest BCUT2D eigenvalue weighted by Gasteiger charge is 2.17. The number of amides is 1. The summed E-state index contributed by atoms with van der Waals surface area (Å²) in [7, 11) is 1.63. The van der Waals surface area contributed by atoms with Crippen LogP contribution in [0.5, 0.6) is 5.75 Å². The molecular weight excluding hydrogens is 288 g/mol. The van der Waals surface area contributed by atoms with Gasteiger partial charge in [-0.2, -0.15) is 0 Å². The van der Waals surface area contributed by atoms with E-state index < -0.39 is 0 Å². The Morgan fingerprint density at radius 2 is 2.00 bits per heavy atom. The van der Waals surface area contributed by atoms with E-state index in [9.17, 15) is 4.79 Å². The first-order chi connectivity index (χ1) is 10.2. The number of nitrogens with zero attached hydrogens (tertiary/aromatic N) is 2. The maximum atomic E-state index is 12.5. The third-order valence-corrected chi connectivity index (χ3v) is 3.51. The van der Waals surface area contributed by atoms with Crippen molar-refractivity contribution in [3.05, 3.63) is 58.9 Å². The van der Waals surface area contributed by atoms with Gasteiger partial charge in [0, 0.05) is 25.5 Å². The van der Waals surface area contributed by atoms with E-state index in [4.69, 9.17) is 16.3 Å². The SMILES string of the molecule is CCN(Cc1ccc(OC)cc1)C(=O)c1ccncc1Cl. The van der Waals surface area contributed by atoms with Crippen LogP contribution in [0.4, 0.5) is 0 Å². The molecule has 0 unspecified atom stereocenters. The van der Waals surface area contributed by atoms with Crippen molar-refractivity contribution in [3.8, 4) is 5.75 Å². The Morgan fingerprint density at radius 3 is 2.57 bits per heavy atom. The molecule has 0 spiro atoms. The number of hydrogen-bond donors (Lipinski definition) is 0. The molecule has 0 aliphatic heterocycles. The summed E-state index contributed by atoms with van der Waals surface area (Å²) in [4.78, 5) is 18.2. The van der Waals surface area contributed by atoms with Gasteiger partial charge in [-0.05, 0) is 30.7 Å². The zero-order valence-corrected chi connectivity index (χ0v) is 12.8. The lowest BCUT2D eigenvalue weighted by molar-refractivity contribution is 0.0752. The minimum absolute atomic E-state index is 0.0966. The van der Waals surface area contributed by atoms with Gasteiger partial charge in [0.1, 0.15) is 5.75 Å². The predicted molar refractivity (Wildman–Crippen MR) is 82.7 cm³/mol. The molecule has 110 valence electrons. The zero-order chi connectivity index (χ0) is 15.2. The van der Waals surface area contributed by atoms with Crippen LogP contribution in [0.15, 0.2) is 42.7 Å². The average Bonchev–Trinajstić information content (AvgIpc) is 2.53. The largest absolute Gasteiger partial charge is 0.497 e. The van der Waals surface area contributed by atoms with E-state index >= 15 is 0 Å². The first-order valence-electron chi connectivity index (χ1n) is 6.67. The van der Waals surface area contributed by atoms with Crippen molar-refractivity contribution in [2.75, 3.05) is 13.7 Å². The van der Waals surface area contributed by atoms with E-state index in [0.717, 1.165) is 11.3 Å². The predicted octanol–water partition coefficient (Wildman–Crippen LogP) is 3.41. The van der Waals surface area contributed by atoms with E-state index in [1.807, 2.05) is 31.2 Å². The summed E-state index contributed by atoms with van der Waals surface area (Å²) < 4.78 is 5.13. The van der Waals surface area contributed by atoms with Crippen molar-refractivity contribution in [2.24, 2.45) is 0 Å². The molecule has 5 heteroatoms. The van der Waals surface area contributed by atoms with Gasteiger partial charge >= 0.3 is 0 Å². The van der Waals surface area contributed by atoms with Crippen LogP contribution in [0, 0.1) is 0 Å². The first-order valence-corrected chi connectivity index (χ1v) is 7.05. The van der Waals surface area contributed by atoms with E-state index in [1.54, 1.807) is 24.3 Å². The van der Waals surface area contributed by atoms with Crippen molar-refractivity contribution in [2.45, 2.75) is 13.5 Å². The number of methoxy groups -OCH3 is 1. The first kappa shape index (κ1) is 15.3. The van der Waals surface area contributed by atoms with Crippen molar-refractivity contribution in [1.82, 2.24) is 9.88 Å². The normalized spacial score (nSPS) is 10.2. The van der Waals surface area contributed by atoms with Gasteiger partial charge in [-0.25, -0.2) is 0 Å². The number of benzene rings is 1. The Morgan fingerprint density at radius 1 is 1.29 bits per heavy atom. The molecule has 1 aromatic heterocycles. The maximum absolute atomic E-state index is 12.5. The Kier molecular flexibility index (Phi) is 5.17. The highest BCUT2D eigenvalue weighted by atomic mass is 35.5. The van der Waals surface area contributed by atoms with Gasteiger partial charge in [0.25, 0.3) is 5.91 Å². The Bertz CT molecular complexity index is 614. The summed E-state index contributed by atoms with van der Waals surface area (Å²) in [5.41, 5.74) is 1.51. The highest BCUT2D eigenvalue weighted by molar-refractivity contribution is 6.33. The summed E-state index contributed by atoms with van der Waals surface area (Å²) in [5.74, 6) is 0.700. The smallest absolute Gasteiger partial charge is 0.255 e. The van der Waals surface area contributed by atoms with Crippen LogP contribution >= 0.6 is 11.6 Å². The van der Waals surface area contributed by atoms with Gasteiger partial charge in [0.15, 0.2) is 0 Å². The fraction of sp³-hybridized carbons (Fsp3) is 0.250. The molecule has 2 rings (SSSR count). The fourth-order valence-electron chi connectivity index (χ4n) is 2.00. The van der Waals surface area contributed by atoms with Gasteiger partial charge < -0.3 is 9.64 Å². The Balaban J connectivity index is 2.15. The second kappa shape index (κ2) is 7.09. The molecule has 0 aliphatic rings. The number of carbonyl (C=O) groups excluding carboxylic acids is 1. The maximum Gasteiger partial charge on any atom is 0.255 e. The second-order valence-corrected chi connectivity index (χ2v) is 4.93. The molecule has 0 N–H and O–H groups in total. The topological polar surface area (TPSA) is 42.4 Å². The lowest BCUT2D eigenvalue weighted by atomic mass is 10.1. The molecule has 0 aliphatic carbocycles. The number of carbonyl (C=O) groups is 1. The quantitative estimate of drug-likeness (QED) is 0.850. The van der Waals surface area contributed by atoms with Crippen molar-refractivity contribution < 1.29 is 9.53 Å². The molecule has 1 heterocycles. The number of ether oxygens (including phenoxy) is 1. The summed E-state index contributed by atoms with van der Waals surface area (Å²) in [6.45, 7) is 3.07. The molecule has 0 bridgehead atoms. The number of rotatable bonds is 5. The number of aromatic nitrogens is 1. The van der Waals surface area contributed by atoms with E-state index in [1.165, 1.54) is 6.20 Å². The van der Waals surface area contributed by atoms with Gasteiger partial charge in [-0.1, -0.05) is 23.7 Å². The standard InChI is InChI=1S/C16H17ClN2O2/c1-3-19(11-12-4-6-13(21-2)7-5-12)16(20)14-8-9-18-10-15(14)17/h4-10H,3,11H2,1-2H3. The molecule has 4 nitrogen and oxygen atoms in total.